The maximum atomic E-state index is 6.74. The molecule has 270 valence electrons. The van der Waals surface area contributed by atoms with Gasteiger partial charge in [0.05, 0.1) is 16.7 Å². The highest BCUT2D eigenvalue weighted by Crippen LogP contribution is 2.45. The molecule has 3 aromatic heterocycles. The number of para-hydroxylation sites is 2. The van der Waals surface area contributed by atoms with Crippen LogP contribution in [0.4, 0.5) is 0 Å². The van der Waals surface area contributed by atoms with Gasteiger partial charge in [0.15, 0.2) is 17.5 Å². The Morgan fingerprint density at radius 2 is 0.931 bits per heavy atom. The van der Waals surface area contributed by atoms with Crippen molar-refractivity contribution in [1.82, 2.24) is 19.5 Å². The van der Waals surface area contributed by atoms with Crippen LogP contribution < -0.4 is 0 Å². The molecule has 3 heterocycles. The highest BCUT2D eigenvalue weighted by atomic mass is 16.3. The fourth-order valence-corrected chi connectivity index (χ4v) is 8.84. The molecule has 0 saturated heterocycles. The Morgan fingerprint density at radius 3 is 1.67 bits per heavy atom. The summed E-state index contributed by atoms with van der Waals surface area (Å²) in [6, 6.07) is 68.0. The van der Waals surface area contributed by atoms with E-state index in [9.17, 15) is 0 Å². The van der Waals surface area contributed by atoms with Gasteiger partial charge in [-0.2, -0.15) is 0 Å². The molecule has 0 aliphatic rings. The summed E-state index contributed by atoms with van der Waals surface area (Å²) in [5.41, 5.74) is 10.1. The van der Waals surface area contributed by atoms with Crippen LogP contribution in [0.2, 0.25) is 0 Å². The number of hydrogen-bond donors (Lipinski definition) is 0. The number of benzene rings is 9. The van der Waals surface area contributed by atoms with Crippen LogP contribution in [-0.4, -0.2) is 19.5 Å². The highest BCUT2D eigenvalue weighted by molar-refractivity contribution is 6.20. The number of fused-ring (bicyclic) bond motifs is 9. The zero-order valence-electron chi connectivity index (χ0n) is 31.2. The van der Waals surface area contributed by atoms with E-state index in [0.717, 1.165) is 71.7 Å². The lowest BCUT2D eigenvalue weighted by Gasteiger charge is -2.16. The van der Waals surface area contributed by atoms with Gasteiger partial charge in [0.2, 0.25) is 0 Å². The molecule has 5 heteroatoms. The summed E-state index contributed by atoms with van der Waals surface area (Å²) in [6.07, 6.45) is 0. The smallest absolute Gasteiger partial charge is 0.164 e. The van der Waals surface area contributed by atoms with Gasteiger partial charge in [-0.15, -0.1) is 0 Å². The molecule has 0 radical (unpaired) electrons. The average Bonchev–Trinajstić information content (AvgIpc) is 3.85. The Morgan fingerprint density at radius 1 is 0.362 bits per heavy atom. The van der Waals surface area contributed by atoms with Gasteiger partial charge < -0.3 is 8.98 Å². The van der Waals surface area contributed by atoms with Crippen molar-refractivity contribution >= 4 is 65.3 Å². The molecule has 58 heavy (non-hydrogen) atoms. The monoisotopic (exact) mass is 740 g/mol. The first-order valence-electron chi connectivity index (χ1n) is 19.5. The van der Waals surface area contributed by atoms with E-state index in [2.05, 4.69) is 132 Å². The fraction of sp³-hybridized carbons (Fsp3) is 0. The van der Waals surface area contributed by atoms with Gasteiger partial charge >= 0.3 is 0 Å². The molecule has 12 rings (SSSR count). The van der Waals surface area contributed by atoms with E-state index in [1.807, 2.05) is 66.7 Å². The third kappa shape index (κ3) is 5.00. The predicted molar refractivity (Wildman–Crippen MR) is 238 cm³/mol. The molecule has 0 atom stereocenters. The lowest BCUT2D eigenvalue weighted by atomic mass is 9.91. The number of hydrogen-bond acceptors (Lipinski definition) is 4. The number of rotatable bonds is 5. The maximum Gasteiger partial charge on any atom is 0.164 e. The van der Waals surface area contributed by atoms with Gasteiger partial charge in [0.1, 0.15) is 11.2 Å². The first-order valence-corrected chi connectivity index (χ1v) is 19.5. The summed E-state index contributed by atoms with van der Waals surface area (Å²) in [4.78, 5) is 15.2. The van der Waals surface area contributed by atoms with Crippen LogP contribution in [-0.2, 0) is 0 Å². The zero-order chi connectivity index (χ0) is 38.2. The quantitative estimate of drug-likeness (QED) is 0.176. The predicted octanol–water partition coefficient (Wildman–Crippen LogP) is 13.8. The normalized spacial score (nSPS) is 11.8. The Hall–Kier alpha value is -7.89. The number of furan rings is 1. The summed E-state index contributed by atoms with van der Waals surface area (Å²) in [6.45, 7) is 0. The third-order valence-electron chi connectivity index (χ3n) is 11.4. The standard InChI is InChI=1S/C53H32N4O/c1-3-16-34(17-4-1)51-54-52(35-18-5-2-6-19-35)56-53(55-51)43-30-29-40(38-21-9-10-22-39(38)43)45-31-36(32-48-49(45)44-24-12-14-26-47(44)58-48)57-46-25-13-11-23-41(46)42-28-27-33-15-7-8-20-37(33)50(42)57/h1-32H. The molecule has 0 fully saturated rings. The zero-order valence-corrected chi connectivity index (χ0v) is 31.2. The Labute approximate surface area is 333 Å². The van der Waals surface area contributed by atoms with Gasteiger partial charge in [-0.05, 0) is 51.6 Å². The summed E-state index contributed by atoms with van der Waals surface area (Å²) in [5, 5.41) is 9.16. The Bertz CT molecular complexity index is 3510. The molecular weight excluding hydrogens is 709 g/mol. The molecular formula is C53H32N4O. The van der Waals surface area contributed by atoms with Crippen LogP contribution in [0, 0.1) is 0 Å². The van der Waals surface area contributed by atoms with Crippen LogP contribution in [0.1, 0.15) is 0 Å². The summed E-state index contributed by atoms with van der Waals surface area (Å²) >= 11 is 0. The fourth-order valence-electron chi connectivity index (χ4n) is 8.84. The first kappa shape index (κ1) is 32.4. The van der Waals surface area contributed by atoms with E-state index in [1.54, 1.807) is 0 Å². The topological polar surface area (TPSA) is 56.7 Å². The molecule has 12 aromatic rings. The molecule has 0 spiro atoms. The van der Waals surface area contributed by atoms with Crippen LogP contribution in [0.25, 0.3) is 116 Å². The van der Waals surface area contributed by atoms with Crippen molar-refractivity contribution < 1.29 is 4.42 Å². The van der Waals surface area contributed by atoms with Crippen molar-refractivity contribution in [3.05, 3.63) is 194 Å². The first-order chi connectivity index (χ1) is 28.8. The number of nitrogens with zero attached hydrogens (tertiary/aromatic N) is 4. The van der Waals surface area contributed by atoms with Gasteiger partial charge in [-0.1, -0.05) is 164 Å². The molecule has 5 nitrogen and oxygen atoms in total. The molecule has 9 aromatic carbocycles. The molecule has 0 saturated carbocycles. The average molecular weight is 741 g/mol. The molecule has 0 N–H and O–H groups in total. The van der Waals surface area contributed by atoms with Gasteiger partial charge in [-0.25, -0.2) is 15.0 Å². The van der Waals surface area contributed by atoms with Crippen LogP contribution >= 0.6 is 0 Å². The SMILES string of the molecule is c1ccc(-c2nc(-c3ccccc3)nc(-c3ccc(-c4cc(-n5c6ccccc6c6ccc7ccccc7c65)cc5oc6ccccc6c45)c4ccccc34)n2)cc1. The lowest BCUT2D eigenvalue weighted by molar-refractivity contribution is 0.668. The minimum absolute atomic E-state index is 0.625. The molecule has 0 bridgehead atoms. The van der Waals surface area contributed by atoms with Crippen molar-refractivity contribution in [2.24, 2.45) is 0 Å². The van der Waals surface area contributed by atoms with Gasteiger partial charge in [0, 0.05) is 49.7 Å². The van der Waals surface area contributed by atoms with Crippen molar-refractivity contribution in [3.8, 4) is 51.0 Å². The summed E-state index contributed by atoms with van der Waals surface area (Å²) in [7, 11) is 0. The van der Waals surface area contributed by atoms with E-state index in [1.165, 1.54) is 27.1 Å². The maximum absolute atomic E-state index is 6.74. The second kappa shape index (κ2) is 12.8. The minimum Gasteiger partial charge on any atom is -0.456 e. The Kier molecular flexibility index (Phi) is 7.16. The van der Waals surface area contributed by atoms with Crippen molar-refractivity contribution in [2.75, 3.05) is 0 Å². The van der Waals surface area contributed by atoms with E-state index < -0.39 is 0 Å². The van der Waals surface area contributed by atoms with Crippen LogP contribution in [0.3, 0.4) is 0 Å². The van der Waals surface area contributed by atoms with Crippen molar-refractivity contribution in [2.45, 2.75) is 0 Å². The van der Waals surface area contributed by atoms with Crippen molar-refractivity contribution in [3.63, 3.8) is 0 Å². The van der Waals surface area contributed by atoms with E-state index in [4.69, 9.17) is 19.4 Å². The van der Waals surface area contributed by atoms with Gasteiger partial charge in [0.25, 0.3) is 0 Å². The molecule has 0 unspecified atom stereocenters. The second-order valence-electron chi connectivity index (χ2n) is 14.7. The molecule has 0 aliphatic carbocycles. The van der Waals surface area contributed by atoms with Gasteiger partial charge in [-0.3, -0.25) is 0 Å². The summed E-state index contributed by atoms with van der Waals surface area (Å²) in [5.74, 6) is 1.89. The van der Waals surface area contributed by atoms with Crippen molar-refractivity contribution in [1.29, 1.82) is 0 Å². The molecule has 0 aliphatic heterocycles. The lowest BCUT2D eigenvalue weighted by Crippen LogP contribution is -2.01. The van der Waals surface area contributed by atoms with Crippen LogP contribution in [0.5, 0.6) is 0 Å². The number of aromatic nitrogens is 4. The largest absolute Gasteiger partial charge is 0.456 e. The van der Waals surface area contributed by atoms with E-state index in [-0.39, 0.29) is 0 Å². The summed E-state index contributed by atoms with van der Waals surface area (Å²) < 4.78 is 9.16. The highest BCUT2D eigenvalue weighted by Gasteiger charge is 2.22. The van der Waals surface area contributed by atoms with E-state index in [0.29, 0.717) is 17.5 Å². The molecule has 0 amide bonds. The second-order valence-corrected chi connectivity index (χ2v) is 14.7. The van der Waals surface area contributed by atoms with Crippen LogP contribution in [0.15, 0.2) is 199 Å². The van der Waals surface area contributed by atoms with E-state index >= 15 is 0 Å². The minimum atomic E-state index is 0.625. The Balaban J connectivity index is 1.14. The third-order valence-corrected chi connectivity index (χ3v) is 11.4.